The fraction of sp³-hybridized carbons (Fsp3) is 0.222. The van der Waals surface area contributed by atoms with Gasteiger partial charge in [-0.15, -0.1) is 0 Å². The molecule has 0 radical (unpaired) electrons. The molecule has 0 fully saturated rings. The molecule has 10 heteroatoms. The molecular weight excluding hydrogens is 396 g/mol. The van der Waals surface area contributed by atoms with Crippen LogP contribution in [0.3, 0.4) is 0 Å². The van der Waals surface area contributed by atoms with E-state index in [0.717, 1.165) is 0 Å². The molecule has 2 aromatic rings. The summed E-state index contributed by atoms with van der Waals surface area (Å²) in [6.07, 6.45) is 1.30. The molecule has 0 aliphatic heterocycles. The SMILES string of the molecule is COc1cccc(NCC(=O)N/N=C\c2cc(Cl)c(OC(F)F)c(OC)c2)c1. The highest BCUT2D eigenvalue weighted by atomic mass is 35.5. The molecule has 150 valence electrons. The van der Waals surface area contributed by atoms with Crippen molar-refractivity contribution >= 4 is 29.4 Å². The van der Waals surface area contributed by atoms with Crippen molar-refractivity contribution in [1.29, 1.82) is 0 Å². The van der Waals surface area contributed by atoms with Gasteiger partial charge >= 0.3 is 6.61 Å². The minimum Gasteiger partial charge on any atom is -0.497 e. The summed E-state index contributed by atoms with van der Waals surface area (Å²) in [6, 6.07) is 9.85. The first-order valence-electron chi connectivity index (χ1n) is 7.95. The fourth-order valence-corrected chi connectivity index (χ4v) is 2.42. The van der Waals surface area contributed by atoms with Crippen LogP contribution in [0.15, 0.2) is 41.5 Å². The van der Waals surface area contributed by atoms with Gasteiger partial charge in [-0.25, -0.2) is 5.43 Å². The first-order valence-corrected chi connectivity index (χ1v) is 8.33. The Labute approximate surface area is 165 Å². The van der Waals surface area contributed by atoms with Crippen LogP contribution in [-0.4, -0.2) is 39.5 Å². The van der Waals surface area contributed by atoms with Crippen molar-refractivity contribution in [3.63, 3.8) is 0 Å². The van der Waals surface area contributed by atoms with E-state index in [2.05, 4.69) is 20.6 Å². The maximum absolute atomic E-state index is 12.4. The van der Waals surface area contributed by atoms with Gasteiger partial charge in [-0.3, -0.25) is 4.79 Å². The summed E-state index contributed by atoms with van der Waals surface area (Å²) >= 11 is 5.93. The number of hydrazone groups is 1. The van der Waals surface area contributed by atoms with E-state index in [4.69, 9.17) is 21.1 Å². The van der Waals surface area contributed by atoms with Crippen LogP contribution in [0.1, 0.15) is 5.56 Å². The molecule has 0 spiro atoms. The predicted octanol–water partition coefficient (Wildman–Crippen LogP) is 3.52. The molecule has 2 N–H and O–H groups in total. The first-order chi connectivity index (χ1) is 13.4. The fourth-order valence-electron chi connectivity index (χ4n) is 2.15. The first kappa shape index (κ1) is 21.2. The van der Waals surface area contributed by atoms with Crippen molar-refractivity contribution in [2.24, 2.45) is 5.10 Å². The molecule has 0 heterocycles. The summed E-state index contributed by atoms with van der Waals surface area (Å²) in [5, 5.41) is 6.65. The van der Waals surface area contributed by atoms with E-state index in [1.54, 1.807) is 31.4 Å². The van der Waals surface area contributed by atoms with Gasteiger partial charge < -0.3 is 19.5 Å². The topological polar surface area (TPSA) is 81.2 Å². The van der Waals surface area contributed by atoms with Crippen molar-refractivity contribution in [2.45, 2.75) is 6.61 Å². The predicted molar refractivity (Wildman–Crippen MR) is 102 cm³/mol. The number of carbonyl (C=O) groups excluding carboxylic acids is 1. The zero-order chi connectivity index (χ0) is 20.5. The summed E-state index contributed by atoms with van der Waals surface area (Å²) in [6.45, 7) is -3.06. The minimum atomic E-state index is -3.04. The summed E-state index contributed by atoms with van der Waals surface area (Å²) in [4.78, 5) is 11.9. The lowest BCUT2D eigenvalue weighted by atomic mass is 10.2. The highest BCUT2D eigenvalue weighted by molar-refractivity contribution is 6.32. The molecule has 7 nitrogen and oxygen atoms in total. The number of rotatable bonds is 9. The second-order valence-electron chi connectivity index (χ2n) is 5.29. The average Bonchev–Trinajstić information content (AvgIpc) is 2.68. The normalized spacial score (nSPS) is 10.8. The van der Waals surface area contributed by atoms with Crippen molar-refractivity contribution < 1.29 is 27.8 Å². The summed E-state index contributed by atoms with van der Waals surface area (Å²) < 4.78 is 39.3. The molecule has 28 heavy (non-hydrogen) atoms. The lowest BCUT2D eigenvalue weighted by molar-refractivity contribution is -0.119. The number of alkyl halides is 2. The Kier molecular flexibility index (Phi) is 7.82. The third-order valence-corrected chi connectivity index (χ3v) is 3.67. The van der Waals surface area contributed by atoms with Crippen LogP contribution >= 0.6 is 11.6 Å². The monoisotopic (exact) mass is 413 g/mol. The minimum absolute atomic E-state index is 0.0141. The Morgan fingerprint density at radius 1 is 1.25 bits per heavy atom. The van der Waals surface area contributed by atoms with Gasteiger partial charge in [0, 0.05) is 11.8 Å². The molecule has 0 aliphatic rings. The second-order valence-corrected chi connectivity index (χ2v) is 5.70. The van der Waals surface area contributed by atoms with Gasteiger partial charge in [-0.2, -0.15) is 13.9 Å². The van der Waals surface area contributed by atoms with Gasteiger partial charge in [0.25, 0.3) is 5.91 Å². The Morgan fingerprint density at radius 3 is 2.71 bits per heavy atom. The van der Waals surface area contributed by atoms with Crippen LogP contribution in [-0.2, 0) is 4.79 Å². The van der Waals surface area contributed by atoms with E-state index in [1.165, 1.54) is 25.5 Å². The molecule has 0 aliphatic carbocycles. The highest BCUT2D eigenvalue weighted by Crippen LogP contribution is 2.37. The standard InChI is InChI=1S/C18H18ClF2N3O4/c1-26-13-5-3-4-12(8-13)22-10-16(25)24-23-9-11-6-14(19)17(28-18(20)21)15(7-11)27-2/h3-9,18,22H,10H2,1-2H3,(H,24,25)/b23-9-. The van der Waals surface area contributed by atoms with Gasteiger partial charge in [-0.05, 0) is 29.8 Å². The Bertz CT molecular complexity index is 850. The molecule has 0 bridgehead atoms. The molecule has 1 amide bonds. The van der Waals surface area contributed by atoms with Gasteiger partial charge in [-0.1, -0.05) is 17.7 Å². The summed E-state index contributed by atoms with van der Waals surface area (Å²) in [7, 11) is 2.84. The van der Waals surface area contributed by atoms with Crippen LogP contribution in [0.5, 0.6) is 17.2 Å². The summed E-state index contributed by atoms with van der Waals surface area (Å²) in [5.74, 6) is 0.00594. The van der Waals surface area contributed by atoms with Crippen molar-refractivity contribution in [2.75, 3.05) is 26.1 Å². The number of amides is 1. The second kappa shape index (κ2) is 10.3. The zero-order valence-corrected chi connectivity index (χ0v) is 15.8. The number of carbonyl (C=O) groups is 1. The number of benzene rings is 2. The molecule has 0 saturated carbocycles. The van der Waals surface area contributed by atoms with E-state index < -0.39 is 12.5 Å². The maximum Gasteiger partial charge on any atom is 0.387 e. The largest absolute Gasteiger partial charge is 0.497 e. The number of anilines is 1. The smallest absolute Gasteiger partial charge is 0.387 e. The van der Waals surface area contributed by atoms with E-state index in [0.29, 0.717) is 17.0 Å². The molecule has 2 aromatic carbocycles. The Hall–Kier alpha value is -3.07. The average molecular weight is 414 g/mol. The summed E-state index contributed by atoms with van der Waals surface area (Å²) in [5.41, 5.74) is 3.47. The quantitative estimate of drug-likeness (QED) is 0.485. The van der Waals surface area contributed by atoms with Gasteiger partial charge in [0.1, 0.15) is 5.75 Å². The molecule has 2 rings (SSSR count). The number of hydrogen-bond acceptors (Lipinski definition) is 6. The maximum atomic E-state index is 12.4. The number of nitrogens with zero attached hydrogens (tertiary/aromatic N) is 1. The third-order valence-electron chi connectivity index (χ3n) is 3.38. The third kappa shape index (κ3) is 6.27. The number of nitrogens with one attached hydrogen (secondary N) is 2. The lowest BCUT2D eigenvalue weighted by Crippen LogP contribution is -2.25. The number of halogens is 3. The van der Waals surface area contributed by atoms with Gasteiger partial charge in [0.15, 0.2) is 11.5 Å². The Morgan fingerprint density at radius 2 is 2.04 bits per heavy atom. The van der Waals surface area contributed by atoms with Crippen LogP contribution < -0.4 is 25.0 Å². The van der Waals surface area contributed by atoms with Gasteiger partial charge in [0.05, 0.1) is 32.0 Å². The number of hydrogen-bond donors (Lipinski definition) is 2. The number of ether oxygens (including phenoxy) is 3. The molecule has 0 atom stereocenters. The van der Waals surface area contributed by atoms with E-state index in [-0.39, 0.29) is 23.1 Å². The van der Waals surface area contributed by atoms with Crippen LogP contribution in [0.4, 0.5) is 14.5 Å². The van der Waals surface area contributed by atoms with Crippen LogP contribution in [0.2, 0.25) is 5.02 Å². The van der Waals surface area contributed by atoms with Crippen LogP contribution in [0, 0.1) is 0 Å². The molecular formula is C18H18ClF2N3O4. The van der Waals surface area contributed by atoms with Crippen molar-refractivity contribution in [3.8, 4) is 17.2 Å². The van der Waals surface area contributed by atoms with Crippen molar-refractivity contribution in [1.82, 2.24) is 5.43 Å². The molecule has 0 unspecified atom stereocenters. The number of methoxy groups -OCH3 is 2. The Balaban J connectivity index is 1.94. The van der Waals surface area contributed by atoms with Gasteiger partial charge in [0.2, 0.25) is 0 Å². The van der Waals surface area contributed by atoms with E-state index in [9.17, 15) is 13.6 Å². The zero-order valence-electron chi connectivity index (χ0n) is 15.0. The van der Waals surface area contributed by atoms with E-state index in [1.807, 2.05) is 0 Å². The van der Waals surface area contributed by atoms with E-state index >= 15 is 0 Å². The highest BCUT2D eigenvalue weighted by Gasteiger charge is 2.15. The lowest BCUT2D eigenvalue weighted by Gasteiger charge is -2.12. The van der Waals surface area contributed by atoms with Crippen LogP contribution in [0.25, 0.3) is 0 Å². The molecule has 0 saturated heterocycles. The van der Waals surface area contributed by atoms with Crippen molar-refractivity contribution in [3.05, 3.63) is 47.0 Å². The molecule has 0 aromatic heterocycles.